The molecule has 3 aromatic rings. The van der Waals surface area contributed by atoms with Gasteiger partial charge in [-0.25, -0.2) is 4.79 Å². The molecule has 0 bridgehead atoms. The van der Waals surface area contributed by atoms with Crippen LogP contribution in [0.1, 0.15) is 57.4 Å². The Labute approximate surface area is 230 Å². The van der Waals surface area contributed by atoms with Gasteiger partial charge in [-0.1, -0.05) is 59.7 Å². The predicted molar refractivity (Wildman–Crippen MR) is 153 cm³/mol. The largest absolute Gasteiger partial charge is 0.444 e. The third kappa shape index (κ3) is 7.80. The second-order valence-corrected chi connectivity index (χ2v) is 11.1. The van der Waals surface area contributed by atoms with Gasteiger partial charge in [-0.2, -0.15) is 0 Å². The first kappa shape index (κ1) is 29.6. The molecule has 0 fully saturated rings. The minimum atomic E-state index is -1.30. The highest BCUT2D eigenvalue weighted by atomic mass is 16.6. The smallest absolute Gasteiger partial charge is 0.408 e. The third-order valence-electron chi connectivity index (χ3n) is 6.09. The van der Waals surface area contributed by atoms with Crippen molar-refractivity contribution in [1.29, 1.82) is 0 Å². The average Bonchev–Trinajstić information content (AvgIpc) is 2.83. The molecule has 208 valence electrons. The molecule has 2 unspecified atom stereocenters. The van der Waals surface area contributed by atoms with Crippen LogP contribution in [0.4, 0.5) is 10.5 Å². The number of rotatable bonds is 8. The van der Waals surface area contributed by atoms with E-state index in [-0.39, 0.29) is 0 Å². The number of hydrogen-bond donors (Lipinski definition) is 3. The van der Waals surface area contributed by atoms with E-state index in [1.165, 1.54) is 4.90 Å². The van der Waals surface area contributed by atoms with Crippen molar-refractivity contribution in [3.05, 3.63) is 77.4 Å². The maximum atomic E-state index is 14.0. The van der Waals surface area contributed by atoms with E-state index in [2.05, 4.69) is 10.6 Å². The maximum absolute atomic E-state index is 14.0. The number of fused-ring (bicyclic) bond motifs is 1. The summed E-state index contributed by atoms with van der Waals surface area (Å²) in [6, 6.07) is 16.4. The lowest BCUT2D eigenvalue weighted by molar-refractivity contribution is -0.143. The molecule has 3 amide bonds. The molecule has 3 N–H and O–H groups in total. The second kappa shape index (κ2) is 12.3. The zero-order valence-electron chi connectivity index (χ0n) is 23.7. The van der Waals surface area contributed by atoms with Gasteiger partial charge in [0.2, 0.25) is 5.91 Å². The number of nitrogens with one attached hydrogen (secondary N) is 2. The number of aliphatic hydroxyl groups excluding tert-OH is 1. The Morgan fingerprint density at radius 1 is 0.923 bits per heavy atom. The SMILES string of the molecule is Cc1cc(C)cc(C(C(=O)Nc2ccc3ccccc3c2)N(C(=O)C(CO)NC(=O)OC(C)(C)C)C(C)C)c1. The molecule has 0 spiro atoms. The van der Waals surface area contributed by atoms with E-state index < -0.39 is 48.2 Å². The van der Waals surface area contributed by atoms with Gasteiger partial charge in [-0.15, -0.1) is 0 Å². The van der Waals surface area contributed by atoms with Crippen molar-refractivity contribution in [2.75, 3.05) is 11.9 Å². The van der Waals surface area contributed by atoms with E-state index in [9.17, 15) is 19.5 Å². The normalized spacial score (nSPS) is 13.1. The number of alkyl carbamates (subject to hydrolysis) is 1. The van der Waals surface area contributed by atoms with Crippen LogP contribution in [-0.4, -0.2) is 52.2 Å². The highest BCUT2D eigenvalue weighted by Gasteiger charge is 2.38. The first-order valence-electron chi connectivity index (χ1n) is 13.1. The molecule has 0 aromatic heterocycles. The lowest BCUT2D eigenvalue weighted by atomic mass is 9.97. The number of benzene rings is 3. The summed E-state index contributed by atoms with van der Waals surface area (Å²) in [7, 11) is 0. The summed E-state index contributed by atoms with van der Waals surface area (Å²) in [5.41, 5.74) is 2.31. The third-order valence-corrected chi connectivity index (χ3v) is 6.09. The number of anilines is 1. The summed E-state index contributed by atoms with van der Waals surface area (Å²) in [4.78, 5) is 41.7. The fourth-order valence-electron chi connectivity index (χ4n) is 4.58. The van der Waals surface area contributed by atoms with Crippen LogP contribution in [0.25, 0.3) is 10.8 Å². The van der Waals surface area contributed by atoms with Crippen molar-refractivity contribution in [2.45, 2.75) is 72.2 Å². The topological polar surface area (TPSA) is 108 Å². The molecule has 0 aliphatic rings. The molecule has 0 radical (unpaired) electrons. The maximum Gasteiger partial charge on any atom is 0.408 e. The van der Waals surface area contributed by atoms with Crippen molar-refractivity contribution < 1.29 is 24.2 Å². The summed E-state index contributed by atoms with van der Waals surface area (Å²) < 4.78 is 5.29. The van der Waals surface area contributed by atoms with Crippen LogP contribution in [-0.2, 0) is 14.3 Å². The molecule has 3 rings (SSSR count). The van der Waals surface area contributed by atoms with E-state index in [0.717, 1.165) is 21.9 Å². The molecule has 0 saturated carbocycles. The van der Waals surface area contributed by atoms with E-state index in [1.807, 2.05) is 74.5 Å². The first-order chi connectivity index (χ1) is 18.3. The van der Waals surface area contributed by atoms with Crippen molar-refractivity contribution >= 4 is 34.4 Å². The van der Waals surface area contributed by atoms with Gasteiger partial charge in [0.05, 0.1) is 6.61 Å². The summed E-state index contributed by atoms with van der Waals surface area (Å²) in [6.45, 7) is 11.9. The van der Waals surface area contributed by atoms with Crippen molar-refractivity contribution in [2.24, 2.45) is 0 Å². The number of aliphatic hydroxyl groups is 1. The van der Waals surface area contributed by atoms with Gasteiger partial charge in [0, 0.05) is 11.7 Å². The molecule has 0 aliphatic carbocycles. The number of ether oxygens (including phenoxy) is 1. The zero-order chi connectivity index (χ0) is 28.9. The van der Waals surface area contributed by atoms with Gasteiger partial charge in [-0.05, 0) is 76.9 Å². The Bertz CT molecular complexity index is 1330. The molecule has 0 aliphatic heterocycles. The van der Waals surface area contributed by atoms with Crippen LogP contribution < -0.4 is 10.6 Å². The van der Waals surface area contributed by atoms with Crippen molar-refractivity contribution in [1.82, 2.24) is 10.2 Å². The molecule has 3 aromatic carbocycles. The lowest BCUT2D eigenvalue weighted by Gasteiger charge is -2.37. The molecule has 2 atom stereocenters. The van der Waals surface area contributed by atoms with E-state index >= 15 is 0 Å². The Hall–Kier alpha value is -3.91. The fraction of sp³-hybridized carbons (Fsp3) is 0.387. The van der Waals surface area contributed by atoms with Crippen molar-refractivity contribution in [3.8, 4) is 0 Å². The summed E-state index contributed by atoms with van der Waals surface area (Å²) in [5.74, 6) is -1.01. The molecule has 8 heteroatoms. The summed E-state index contributed by atoms with van der Waals surface area (Å²) in [5, 5.41) is 17.5. The fourth-order valence-corrected chi connectivity index (χ4v) is 4.58. The quantitative estimate of drug-likeness (QED) is 0.366. The Morgan fingerprint density at radius 3 is 2.10 bits per heavy atom. The molecular formula is C31H39N3O5. The Balaban J connectivity index is 2.01. The summed E-state index contributed by atoms with van der Waals surface area (Å²) >= 11 is 0. The number of carbonyl (C=O) groups excluding carboxylic acids is 3. The number of hydrogen-bond acceptors (Lipinski definition) is 5. The highest BCUT2D eigenvalue weighted by molar-refractivity contribution is 6.00. The minimum Gasteiger partial charge on any atom is -0.444 e. The second-order valence-electron chi connectivity index (χ2n) is 11.1. The van der Waals surface area contributed by atoms with Crippen LogP contribution in [0.2, 0.25) is 0 Å². The summed E-state index contributed by atoms with van der Waals surface area (Å²) in [6.07, 6.45) is -0.831. The van der Waals surface area contributed by atoms with E-state index in [1.54, 1.807) is 34.6 Å². The Morgan fingerprint density at radius 2 is 1.54 bits per heavy atom. The molecule has 0 heterocycles. The van der Waals surface area contributed by atoms with Gasteiger partial charge in [-0.3, -0.25) is 9.59 Å². The van der Waals surface area contributed by atoms with Crippen LogP contribution >= 0.6 is 0 Å². The van der Waals surface area contributed by atoms with Gasteiger partial charge in [0.1, 0.15) is 17.7 Å². The predicted octanol–water partition coefficient (Wildman–Crippen LogP) is 5.26. The molecule has 39 heavy (non-hydrogen) atoms. The van der Waals surface area contributed by atoms with Gasteiger partial charge in [0.15, 0.2) is 0 Å². The van der Waals surface area contributed by atoms with E-state index in [0.29, 0.717) is 11.3 Å². The van der Waals surface area contributed by atoms with Crippen LogP contribution in [0, 0.1) is 13.8 Å². The van der Waals surface area contributed by atoms with Crippen LogP contribution in [0.15, 0.2) is 60.7 Å². The molecule has 0 saturated heterocycles. The number of nitrogens with zero attached hydrogens (tertiary/aromatic N) is 1. The zero-order valence-corrected chi connectivity index (χ0v) is 23.7. The average molecular weight is 534 g/mol. The van der Waals surface area contributed by atoms with Gasteiger partial charge >= 0.3 is 6.09 Å². The van der Waals surface area contributed by atoms with E-state index in [4.69, 9.17) is 4.74 Å². The molecular weight excluding hydrogens is 494 g/mol. The first-order valence-corrected chi connectivity index (χ1v) is 13.1. The highest BCUT2D eigenvalue weighted by Crippen LogP contribution is 2.29. The minimum absolute atomic E-state index is 0.411. The monoisotopic (exact) mass is 533 g/mol. The Kier molecular flexibility index (Phi) is 9.35. The standard InChI is InChI=1S/C31H39N3O5/c1-19(2)34(29(37)26(18-35)33-30(38)39-31(5,6)7)27(24-15-20(3)14-21(4)16-24)28(36)32-25-13-12-22-10-8-9-11-23(22)17-25/h8-17,19,26-27,35H,18H2,1-7H3,(H,32,36)(H,33,38). The molecule has 8 nitrogen and oxygen atoms in total. The number of carbonyl (C=O) groups is 3. The number of amides is 3. The number of aryl methyl sites for hydroxylation is 2. The lowest BCUT2D eigenvalue weighted by Crippen LogP contribution is -2.55. The van der Waals surface area contributed by atoms with Gasteiger partial charge < -0.3 is 25.4 Å². The van der Waals surface area contributed by atoms with Crippen LogP contribution in [0.5, 0.6) is 0 Å². The van der Waals surface area contributed by atoms with Gasteiger partial charge in [0.25, 0.3) is 5.91 Å². The van der Waals surface area contributed by atoms with Crippen LogP contribution in [0.3, 0.4) is 0 Å². The van der Waals surface area contributed by atoms with Crippen molar-refractivity contribution in [3.63, 3.8) is 0 Å².